The third kappa shape index (κ3) is 6.89. The third-order valence-electron chi connectivity index (χ3n) is 16.8. The monoisotopic (exact) mass is 1020 g/mol. The van der Waals surface area contributed by atoms with Gasteiger partial charge in [0.25, 0.3) is 0 Å². The van der Waals surface area contributed by atoms with E-state index in [4.69, 9.17) is 8.83 Å². The molecule has 0 spiro atoms. The highest BCUT2D eigenvalue weighted by Crippen LogP contribution is 2.48. The van der Waals surface area contributed by atoms with Crippen molar-refractivity contribution in [2.75, 3.05) is 9.80 Å². The molecule has 0 amide bonds. The van der Waals surface area contributed by atoms with Crippen LogP contribution in [0.2, 0.25) is 0 Å². The van der Waals surface area contributed by atoms with E-state index in [-0.39, 0.29) is 5.41 Å². The van der Waals surface area contributed by atoms with Gasteiger partial charge in [-0.3, -0.25) is 0 Å². The average molecular weight is 1020 g/mol. The Kier molecular flexibility index (Phi) is 9.66. The van der Waals surface area contributed by atoms with Crippen molar-refractivity contribution in [1.29, 1.82) is 0 Å². The summed E-state index contributed by atoms with van der Waals surface area (Å²) >= 11 is 0. The highest BCUT2D eigenvalue weighted by atomic mass is 16.3. The molecule has 12 aromatic carbocycles. The maximum absolute atomic E-state index is 6.82. The molecule has 0 aliphatic rings. The van der Waals surface area contributed by atoms with Crippen LogP contribution in [-0.4, -0.2) is 4.40 Å². The number of anilines is 6. The van der Waals surface area contributed by atoms with Crippen LogP contribution in [0.1, 0.15) is 37.5 Å². The third-order valence-corrected chi connectivity index (χ3v) is 16.8. The first kappa shape index (κ1) is 45.4. The molecule has 0 fully saturated rings. The van der Waals surface area contributed by atoms with E-state index in [1.807, 2.05) is 0 Å². The number of rotatable bonds is 7. The number of furan rings is 2. The summed E-state index contributed by atoms with van der Waals surface area (Å²) in [5.74, 6) is 0. The molecule has 5 heteroatoms. The van der Waals surface area contributed by atoms with Crippen LogP contribution in [0.4, 0.5) is 34.1 Å². The van der Waals surface area contributed by atoms with E-state index in [0.29, 0.717) is 0 Å². The van der Waals surface area contributed by atoms with Crippen molar-refractivity contribution in [2.45, 2.75) is 40.0 Å². The molecule has 79 heavy (non-hydrogen) atoms. The Morgan fingerprint density at radius 1 is 0.329 bits per heavy atom. The number of fused-ring (bicyclic) bond motifs is 14. The summed E-state index contributed by atoms with van der Waals surface area (Å²) < 4.78 is 16.2. The van der Waals surface area contributed by atoms with Crippen molar-refractivity contribution in [3.63, 3.8) is 0 Å². The van der Waals surface area contributed by atoms with Gasteiger partial charge >= 0.3 is 0 Å². The molecule has 0 saturated heterocycles. The molecule has 0 aliphatic carbocycles. The zero-order chi connectivity index (χ0) is 52.8. The van der Waals surface area contributed by atoms with Crippen LogP contribution < -0.4 is 9.80 Å². The van der Waals surface area contributed by atoms with Gasteiger partial charge in [0.15, 0.2) is 11.2 Å². The molecule has 16 rings (SSSR count). The number of aryl methyl sites for hydroxylation is 2. The van der Waals surface area contributed by atoms with Crippen LogP contribution in [0, 0.1) is 13.8 Å². The standard InChI is InChI=1S/C74H53N3O2/c1-44-16-12-22-57-59-24-14-26-65(72(59)78-70(44)57)75(53-18-8-6-9-19-53)55-34-30-47-38-61-63-40-51(46-28-32-52(33-29-46)74(3,4)5)41-64-62-39-48-31-35-56(37-50(48)43-68(62)77(69(63)64)67(61)42-49(47)36-55)76(54-20-10-7-11-21-54)66-27-15-25-60-58-23-13-17-45(2)71(58)79-73(60)66/h6-43H,1-5H3. The van der Waals surface area contributed by atoms with Crippen LogP contribution in [-0.2, 0) is 5.41 Å². The van der Waals surface area contributed by atoms with E-state index in [1.54, 1.807) is 0 Å². The molecule has 16 aromatic rings. The first-order valence-corrected chi connectivity index (χ1v) is 27.4. The number of nitrogens with zero attached hydrogens (tertiary/aromatic N) is 3. The Hall–Kier alpha value is -9.84. The quantitative estimate of drug-likeness (QED) is 0.159. The highest BCUT2D eigenvalue weighted by molar-refractivity contribution is 6.27. The predicted molar refractivity (Wildman–Crippen MR) is 334 cm³/mol. The number of benzene rings is 12. The van der Waals surface area contributed by atoms with Crippen molar-refractivity contribution < 1.29 is 8.83 Å². The number of hydrogen-bond acceptors (Lipinski definition) is 4. The molecule has 376 valence electrons. The van der Waals surface area contributed by atoms with Crippen molar-refractivity contribution >= 4 is 138 Å². The van der Waals surface area contributed by atoms with Gasteiger partial charge in [0.2, 0.25) is 0 Å². The summed E-state index contributed by atoms with van der Waals surface area (Å²) in [5.41, 5.74) is 19.4. The summed E-state index contributed by atoms with van der Waals surface area (Å²) in [6.45, 7) is 11.1. The Morgan fingerprint density at radius 3 is 1.23 bits per heavy atom. The van der Waals surface area contributed by atoms with Crippen molar-refractivity contribution in [3.05, 3.63) is 247 Å². The van der Waals surface area contributed by atoms with Crippen LogP contribution in [0.15, 0.2) is 239 Å². The van der Waals surface area contributed by atoms with E-state index in [0.717, 1.165) is 99.9 Å². The minimum Gasteiger partial charge on any atom is -0.454 e. The summed E-state index contributed by atoms with van der Waals surface area (Å²) in [4.78, 5) is 4.69. The van der Waals surface area contributed by atoms with E-state index < -0.39 is 0 Å². The van der Waals surface area contributed by atoms with Gasteiger partial charge in [0.05, 0.1) is 27.9 Å². The molecule has 0 unspecified atom stereocenters. The topological polar surface area (TPSA) is 37.2 Å². The lowest BCUT2D eigenvalue weighted by molar-refractivity contribution is 0.590. The summed E-state index contributed by atoms with van der Waals surface area (Å²) in [6, 6.07) is 84.7. The normalized spacial score (nSPS) is 12.4. The Labute approximate surface area is 456 Å². The maximum atomic E-state index is 6.82. The molecule has 4 aromatic heterocycles. The molecule has 0 N–H and O–H groups in total. The van der Waals surface area contributed by atoms with Crippen LogP contribution >= 0.6 is 0 Å². The second kappa shape index (κ2) is 16.8. The van der Waals surface area contributed by atoms with Crippen molar-refractivity contribution in [2.24, 2.45) is 0 Å². The molecular weight excluding hydrogens is 963 g/mol. The fourth-order valence-corrected chi connectivity index (χ4v) is 12.9. The van der Waals surface area contributed by atoms with Crippen LogP contribution in [0.3, 0.4) is 0 Å². The van der Waals surface area contributed by atoms with E-state index in [1.165, 1.54) is 65.6 Å². The molecule has 4 heterocycles. The smallest absolute Gasteiger partial charge is 0.159 e. The zero-order valence-electron chi connectivity index (χ0n) is 44.6. The van der Waals surface area contributed by atoms with Crippen LogP contribution in [0.5, 0.6) is 0 Å². The first-order valence-electron chi connectivity index (χ1n) is 27.4. The number of para-hydroxylation sites is 6. The molecule has 0 saturated carbocycles. The fraction of sp³-hybridized carbons (Fsp3) is 0.0811. The summed E-state index contributed by atoms with van der Waals surface area (Å²) in [6.07, 6.45) is 0. The van der Waals surface area contributed by atoms with Gasteiger partial charge in [0.1, 0.15) is 11.2 Å². The van der Waals surface area contributed by atoms with Crippen molar-refractivity contribution in [3.8, 4) is 11.1 Å². The van der Waals surface area contributed by atoms with E-state index >= 15 is 0 Å². The van der Waals surface area contributed by atoms with Gasteiger partial charge in [0, 0.05) is 65.8 Å². The Bertz CT molecular complexity index is 4840. The highest BCUT2D eigenvalue weighted by Gasteiger charge is 2.25. The van der Waals surface area contributed by atoms with Crippen LogP contribution in [0.25, 0.3) is 115 Å². The number of aromatic nitrogens is 1. The second-order valence-electron chi connectivity index (χ2n) is 22.6. The largest absolute Gasteiger partial charge is 0.454 e. The predicted octanol–water partition coefficient (Wildman–Crippen LogP) is 21.5. The van der Waals surface area contributed by atoms with E-state index in [9.17, 15) is 0 Å². The molecular formula is C74H53N3O2. The van der Waals surface area contributed by atoms with Crippen molar-refractivity contribution in [1.82, 2.24) is 4.40 Å². The van der Waals surface area contributed by atoms with Gasteiger partial charge in [-0.1, -0.05) is 154 Å². The van der Waals surface area contributed by atoms with Gasteiger partial charge in [-0.25, -0.2) is 0 Å². The average Bonchev–Trinajstić information content (AvgIpc) is 3.97. The molecule has 5 nitrogen and oxygen atoms in total. The van der Waals surface area contributed by atoms with Gasteiger partial charge in [-0.2, -0.15) is 0 Å². The SMILES string of the molecule is Cc1cccc2c1oc1c(N(c3ccccc3)c3ccc4cc5c6cc(-c7ccc(C(C)(C)C)cc7)cc7c8cc9ccc(N(c%10ccccc%10)c%10cccc%11c%10oc%10c(C)cccc%10%11)cc9cc8n(c5cc4c3)c67)cccc12. The molecule has 0 atom stereocenters. The van der Waals surface area contributed by atoms with E-state index in [2.05, 4.69) is 279 Å². The molecule has 0 aliphatic heterocycles. The minimum absolute atomic E-state index is 0.0563. The fourth-order valence-electron chi connectivity index (χ4n) is 12.9. The number of hydrogen-bond donors (Lipinski definition) is 0. The lowest BCUT2D eigenvalue weighted by Gasteiger charge is -2.26. The Balaban J connectivity index is 0.930. The zero-order valence-corrected chi connectivity index (χ0v) is 44.6. The lowest BCUT2D eigenvalue weighted by Crippen LogP contribution is -2.10. The molecule has 0 radical (unpaired) electrons. The lowest BCUT2D eigenvalue weighted by atomic mass is 9.86. The van der Waals surface area contributed by atoms with Gasteiger partial charge < -0.3 is 23.0 Å². The second-order valence-corrected chi connectivity index (χ2v) is 22.6. The maximum Gasteiger partial charge on any atom is 0.159 e. The van der Waals surface area contributed by atoms with Gasteiger partial charge in [-0.15, -0.1) is 0 Å². The first-order chi connectivity index (χ1) is 38.6. The summed E-state index contributed by atoms with van der Waals surface area (Å²) in [5, 5.41) is 14.1. The molecule has 0 bridgehead atoms. The summed E-state index contributed by atoms with van der Waals surface area (Å²) in [7, 11) is 0. The van der Waals surface area contributed by atoms with Gasteiger partial charge in [-0.05, 0) is 166 Å². The minimum atomic E-state index is 0.0563. The Morgan fingerprint density at radius 2 is 0.772 bits per heavy atom.